The van der Waals surface area contributed by atoms with Crippen LogP contribution in [0.5, 0.6) is 5.75 Å². The molecular weight excluding hydrogens is 270 g/mol. The normalized spacial score (nSPS) is 13.3. The molecule has 0 aromatic heterocycles. The van der Waals surface area contributed by atoms with Gasteiger partial charge < -0.3 is 14.4 Å². The summed E-state index contributed by atoms with van der Waals surface area (Å²) in [7, 11) is 0. The molecule has 5 nitrogen and oxygen atoms in total. The predicted octanol–water partition coefficient (Wildman–Crippen LogP) is 2.43. The second-order valence-electron chi connectivity index (χ2n) is 5.08. The van der Waals surface area contributed by atoms with E-state index in [1.54, 1.807) is 18.2 Å². The van der Waals surface area contributed by atoms with Gasteiger partial charge in [-0.05, 0) is 31.5 Å². The minimum atomic E-state index is -0.246. The van der Waals surface area contributed by atoms with Crippen molar-refractivity contribution < 1.29 is 19.1 Å². The number of hydrogen-bond acceptors (Lipinski definition) is 5. The predicted molar refractivity (Wildman–Crippen MR) is 80.0 cm³/mol. The number of ketones is 1. The zero-order valence-electron chi connectivity index (χ0n) is 12.6. The Labute approximate surface area is 124 Å². The van der Waals surface area contributed by atoms with Gasteiger partial charge in [-0.2, -0.15) is 0 Å². The lowest BCUT2D eigenvalue weighted by atomic mass is 10.1. The van der Waals surface area contributed by atoms with Crippen LogP contribution in [0.15, 0.2) is 18.2 Å². The molecule has 0 bridgehead atoms. The third-order valence-corrected chi connectivity index (χ3v) is 3.41. The summed E-state index contributed by atoms with van der Waals surface area (Å²) in [6.45, 7) is 5.34. The number of fused-ring (bicyclic) bond motifs is 1. The number of unbranched alkanes of at least 4 members (excludes halogenated alkanes) is 1. The third-order valence-electron chi connectivity index (χ3n) is 3.41. The maximum absolute atomic E-state index is 11.8. The van der Waals surface area contributed by atoms with E-state index in [1.165, 1.54) is 6.92 Å². The minimum Gasteiger partial charge on any atom is -0.490 e. The van der Waals surface area contributed by atoms with Crippen LogP contribution in [-0.4, -0.2) is 38.1 Å². The molecule has 5 heteroatoms. The smallest absolute Gasteiger partial charge is 0.325 e. The van der Waals surface area contributed by atoms with Crippen molar-refractivity contribution >= 4 is 17.4 Å². The van der Waals surface area contributed by atoms with Crippen molar-refractivity contribution in [2.75, 3.05) is 31.2 Å². The summed E-state index contributed by atoms with van der Waals surface area (Å²) in [5.74, 6) is 0.450. The second kappa shape index (κ2) is 7.11. The molecule has 0 saturated heterocycles. The summed E-state index contributed by atoms with van der Waals surface area (Å²) < 4.78 is 10.8. The van der Waals surface area contributed by atoms with Gasteiger partial charge >= 0.3 is 5.97 Å². The van der Waals surface area contributed by atoms with Gasteiger partial charge in [-0.25, -0.2) is 0 Å². The molecule has 114 valence electrons. The molecule has 1 heterocycles. The minimum absolute atomic E-state index is 0.00570. The largest absolute Gasteiger partial charge is 0.490 e. The van der Waals surface area contributed by atoms with Crippen LogP contribution in [0.3, 0.4) is 0 Å². The molecular formula is C16H21NO4. The third kappa shape index (κ3) is 3.97. The Morgan fingerprint density at radius 3 is 2.90 bits per heavy atom. The number of hydrogen-bond donors (Lipinski definition) is 0. The Hall–Kier alpha value is -2.04. The topological polar surface area (TPSA) is 55.8 Å². The molecule has 1 aromatic carbocycles. The van der Waals surface area contributed by atoms with Crippen LogP contribution in [0.4, 0.5) is 5.69 Å². The van der Waals surface area contributed by atoms with E-state index in [1.807, 2.05) is 4.90 Å². The van der Waals surface area contributed by atoms with Crippen LogP contribution >= 0.6 is 0 Å². The second-order valence-corrected chi connectivity index (χ2v) is 5.08. The van der Waals surface area contributed by atoms with Crippen LogP contribution in [0.2, 0.25) is 0 Å². The Morgan fingerprint density at radius 2 is 2.19 bits per heavy atom. The maximum atomic E-state index is 11.8. The van der Waals surface area contributed by atoms with Gasteiger partial charge in [0.05, 0.1) is 18.8 Å². The average Bonchev–Trinajstić information content (AvgIpc) is 2.47. The van der Waals surface area contributed by atoms with E-state index in [2.05, 4.69) is 6.92 Å². The van der Waals surface area contributed by atoms with Crippen LogP contribution in [0.25, 0.3) is 0 Å². The van der Waals surface area contributed by atoms with Crippen molar-refractivity contribution in [2.45, 2.75) is 26.7 Å². The summed E-state index contributed by atoms with van der Waals surface area (Å²) in [4.78, 5) is 25.2. The molecule has 1 aromatic rings. The number of rotatable bonds is 6. The Bertz CT molecular complexity index is 527. The van der Waals surface area contributed by atoms with Crippen molar-refractivity contribution in [1.82, 2.24) is 0 Å². The highest BCUT2D eigenvalue weighted by molar-refractivity contribution is 5.95. The monoisotopic (exact) mass is 291 g/mol. The number of carbonyl (C=O) groups excluding carboxylic acids is 2. The SMILES string of the molecule is CCCCOC(=O)CN1CCOc2ccc(C(C)=O)cc21. The Balaban J connectivity index is 2.08. The first-order valence-corrected chi connectivity index (χ1v) is 7.30. The number of ether oxygens (including phenoxy) is 2. The molecule has 0 radical (unpaired) electrons. The highest BCUT2D eigenvalue weighted by Crippen LogP contribution is 2.32. The molecule has 0 aliphatic carbocycles. The number of nitrogens with zero attached hydrogens (tertiary/aromatic N) is 1. The van der Waals surface area contributed by atoms with Crippen molar-refractivity contribution in [3.63, 3.8) is 0 Å². The van der Waals surface area contributed by atoms with Crippen LogP contribution in [0, 0.1) is 0 Å². The summed E-state index contributed by atoms with van der Waals surface area (Å²) in [6, 6.07) is 5.29. The van der Waals surface area contributed by atoms with Gasteiger partial charge in [-0.15, -0.1) is 0 Å². The lowest BCUT2D eigenvalue weighted by Crippen LogP contribution is -2.37. The molecule has 0 spiro atoms. The van der Waals surface area contributed by atoms with Crippen molar-refractivity contribution in [3.8, 4) is 5.75 Å². The summed E-state index contributed by atoms with van der Waals surface area (Å²) >= 11 is 0. The lowest BCUT2D eigenvalue weighted by molar-refractivity contribution is -0.142. The molecule has 21 heavy (non-hydrogen) atoms. The number of anilines is 1. The fraction of sp³-hybridized carbons (Fsp3) is 0.500. The van der Waals surface area contributed by atoms with Gasteiger partial charge in [-0.3, -0.25) is 9.59 Å². The molecule has 2 rings (SSSR count). The van der Waals surface area contributed by atoms with Gasteiger partial charge in [0, 0.05) is 5.56 Å². The first-order valence-electron chi connectivity index (χ1n) is 7.30. The molecule has 0 unspecified atom stereocenters. The molecule has 0 saturated carbocycles. The number of benzene rings is 1. The van der Waals surface area contributed by atoms with E-state index in [0.717, 1.165) is 18.5 Å². The average molecular weight is 291 g/mol. The standard InChI is InChI=1S/C16H21NO4/c1-3-4-8-21-16(19)11-17-7-9-20-15-6-5-13(12(2)18)10-14(15)17/h5-6,10H,3-4,7-9,11H2,1-2H3. The van der Waals surface area contributed by atoms with E-state index in [4.69, 9.17) is 9.47 Å². The fourth-order valence-corrected chi connectivity index (χ4v) is 2.19. The Morgan fingerprint density at radius 1 is 1.38 bits per heavy atom. The summed E-state index contributed by atoms with van der Waals surface area (Å²) in [6.07, 6.45) is 1.87. The van der Waals surface area contributed by atoms with E-state index in [9.17, 15) is 9.59 Å². The van der Waals surface area contributed by atoms with Crippen LogP contribution < -0.4 is 9.64 Å². The van der Waals surface area contributed by atoms with Crippen LogP contribution in [-0.2, 0) is 9.53 Å². The maximum Gasteiger partial charge on any atom is 0.325 e. The first kappa shape index (κ1) is 15.4. The zero-order valence-corrected chi connectivity index (χ0v) is 12.6. The van der Waals surface area contributed by atoms with Gasteiger partial charge in [0.2, 0.25) is 0 Å². The van der Waals surface area contributed by atoms with Gasteiger partial charge in [0.25, 0.3) is 0 Å². The summed E-state index contributed by atoms with van der Waals surface area (Å²) in [5.41, 5.74) is 1.39. The quantitative estimate of drug-likeness (QED) is 0.458. The van der Waals surface area contributed by atoms with E-state index in [-0.39, 0.29) is 18.3 Å². The fourth-order valence-electron chi connectivity index (χ4n) is 2.19. The van der Waals surface area contributed by atoms with Gasteiger partial charge in [0.15, 0.2) is 5.78 Å². The highest BCUT2D eigenvalue weighted by atomic mass is 16.5. The molecule has 0 atom stereocenters. The summed E-state index contributed by atoms with van der Waals surface area (Å²) in [5, 5.41) is 0. The number of Topliss-reactive ketones (excluding diaryl/α,β-unsaturated/α-hetero) is 1. The molecule has 0 fully saturated rings. The first-order chi connectivity index (χ1) is 10.1. The number of carbonyl (C=O) groups is 2. The van der Waals surface area contributed by atoms with Gasteiger partial charge in [0.1, 0.15) is 18.9 Å². The van der Waals surface area contributed by atoms with Crippen molar-refractivity contribution in [3.05, 3.63) is 23.8 Å². The van der Waals surface area contributed by atoms with E-state index >= 15 is 0 Å². The van der Waals surface area contributed by atoms with Crippen LogP contribution in [0.1, 0.15) is 37.0 Å². The van der Waals surface area contributed by atoms with E-state index < -0.39 is 0 Å². The molecule has 1 aliphatic heterocycles. The van der Waals surface area contributed by atoms with E-state index in [0.29, 0.717) is 31.1 Å². The lowest BCUT2D eigenvalue weighted by Gasteiger charge is -2.30. The highest BCUT2D eigenvalue weighted by Gasteiger charge is 2.21. The zero-order chi connectivity index (χ0) is 15.2. The number of esters is 1. The van der Waals surface area contributed by atoms with Crippen molar-refractivity contribution in [1.29, 1.82) is 0 Å². The van der Waals surface area contributed by atoms with Crippen molar-refractivity contribution in [2.24, 2.45) is 0 Å². The molecule has 1 aliphatic rings. The Kier molecular flexibility index (Phi) is 5.20. The molecule has 0 N–H and O–H groups in total. The molecule has 0 amide bonds. The van der Waals surface area contributed by atoms with Gasteiger partial charge in [-0.1, -0.05) is 13.3 Å².